The van der Waals surface area contributed by atoms with Crippen LogP contribution in [0.5, 0.6) is 0 Å². The maximum atomic E-state index is 2.76. The van der Waals surface area contributed by atoms with E-state index in [1.54, 1.807) is 0 Å². The Bertz CT molecular complexity index is 250. The standard InChI is InChI=1S/C18H38N2/c1-7-18-14-19(11-9-8-10-15(2)3)13-17(6)20(18)12-16(4)5/h15-18H,7-14H2,1-6H3. The van der Waals surface area contributed by atoms with E-state index >= 15 is 0 Å². The Morgan fingerprint density at radius 3 is 2.25 bits per heavy atom. The molecule has 0 aromatic carbocycles. The van der Waals surface area contributed by atoms with Crippen LogP contribution in [-0.2, 0) is 0 Å². The first-order valence-corrected chi connectivity index (χ1v) is 8.92. The fourth-order valence-corrected chi connectivity index (χ4v) is 3.50. The molecule has 0 saturated carbocycles. The molecule has 1 rings (SSSR count). The van der Waals surface area contributed by atoms with Gasteiger partial charge in [0.25, 0.3) is 0 Å². The van der Waals surface area contributed by atoms with Crippen LogP contribution >= 0.6 is 0 Å². The smallest absolute Gasteiger partial charge is 0.0224 e. The molecule has 0 amide bonds. The monoisotopic (exact) mass is 282 g/mol. The van der Waals surface area contributed by atoms with E-state index in [-0.39, 0.29) is 0 Å². The Morgan fingerprint density at radius 2 is 1.70 bits per heavy atom. The van der Waals surface area contributed by atoms with E-state index < -0.39 is 0 Å². The van der Waals surface area contributed by atoms with Gasteiger partial charge in [-0.3, -0.25) is 4.90 Å². The lowest BCUT2D eigenvalue weighted by Gasteiger charge is -2.46. The highest BCUT2D eigenvalue weighted by atomic mass is 15.3. The van der Waals surface area contributed by atoms with Crippen molar-refractivity contribution < 1.29 is 0 Å². The van der Waals surface area contributed by atoms with Crippen molar-refractivity contribution in [2.24, 2.45) is 11.8 Å². The van der Waals surface area contributed by atoms with E-state index in [9.17, 15) is 0 Å². The molecule has 1 heterocycles. The number of hydrogen-bond acceptors (Lipinski definition) is 2. The van der Waals surface area contributed by atoms with E-state index in [0.717, 1.165) is 23.9 Å². The van der Waals surface area contributed by atoms with Crippen molar-refractivity contribution >= 4 is 0 Å². The summed E-state index contributed by atoms with van der Waals surface area (Å²) in [6, 6.07) is 1.49. The van der Waals surface area contributed by atoms with Gasteiger partial charge in [-0.05, 0) is 38.1 Å². The summed E-state index contributed by atoms with van der Waals surface area (Å²) >= 11 is 0. The van der Waals surface area contributed by atoms with Gasteiger partial charge in [0, 0.05) is 31.7 Å². The molecule has 1 aliphatic rings. The molecule has 0 bridgehead atoms. The van der Waals surface area contributed by atoms with Crippen molar-refractivity contribution in [2.75, 3.05) is 26.2 Å². The lowest BCUT2D eigenvalue weighted by atomic mass is 10.0. The second-order valence-corrected chi connectivity index (χ2v) is 7.65. The van der Waals surface area contributed by atoms with Gasteiger partial charge < -0.3 is 4.90 Å². The van der Waals surface area contributed by atoms with E-state index in [0.29, 0.717) is 0 Å². The van der Waals surface area contributed by atoms with Gasteiger partial charge in [0.15, 0.2) is 0 Å². The van der Waals surface area contributed by atoms with E-state index in [1.165, 1.54) is 51.9 Å². The molecule has 0 N–H and O–H groups in total. The number of nitrogens with zero attached hydrogens (tertiary/aromatic N) is 2. The van der Waals surface area contributed by atoms with Crippen molar-refractivity contribution in [1.29, 1.82) is 0 Å². The summed E-state index contributed by atoms with van der Waals surface area (Å²) in [6.07, 6.45) is 5.46. The lowest BCUT2D eigenvalue weighted by Crippen LogP contribution is -2.58. The first-order valence-electron chi connectivity index (χ1n) is 8.92. The fourth-order valence-electron chi connectivity index (χ4n) is 3.50. The van der Waals surface area contributed by atoms with Crippen LogP contribution in [0.2, 0.25) is 0 Å². The predicted molar refractivity (Wildman–Crippen MR) is 90.2 cm³/mol. The molecule has 0 radical (unpaired) electrons. The van der Waals surface area contributed by atoms with Gasteiger partial charge >= 0.3 is 0 Å². The molecular formula is C18H38N2. The number of piperazine rings is 1. The number of unbranched alkanes of at least 4 members (excludes halogenated alkanes) is 1. The Labute approximate surface area is 127 Å². The Balaban J connectivity index is 2.39. The second kappa shape index (κ2) is 9.04. The minimum Gasteiger partial charge on any atom is -0.300 e. The summed E-state index contributed by atoms with van der Waals surface area (Å²) in [5, 5.41) is 0. The van der Waals surface area contributed by atoms with Crippen LogP contribution in [0.1, 0.15) is 67.2 Å². The SMILES string of the molecule is CCC1CN(CCCCC(C)C)CC(C)N1CC(C)C. The summed E-state index contributed by atoms with van der Waals surface area (Å²) in [6.45, 7) is 19.3. The first-order chi connectivity index (χ1) is 9.43. The zero-order chi connectivity index (χ0) is 15.1. The summed E-state index contributed by atoms with van der Waals surface area (Å²) in [5.74, 6) is 1.64. The van der Waals surface area contributed by atoms with Crippen molar-refractivity contribution in [1.82, 2.24) is 9.80 Å². The van der Waals surface area contributed by atoms with Gasteiger partial charge in [-0.1, -0.05) is 47.5 Å². The molecule has 1 saturated heterocycles. The van der Waals surface area contributed by atoms with Gasteiger partial charge in [-0.2, -0.15) is 0 Å². The molecule has 0 aromatic rings. The lowest BCUT2D eigenvalue weighted by molar-refractivity contribution is 0.0204. The first kappa shape index (κ1) is 18.0. The molecule has 2 atom stereocenters. The topological polar surface area (TPSA) is 6.48 Å². The fraction of sp³-hybridized carbons (Fsp3) is 1.00. The average Bonchev–Trinajstić information content (AvgIpc) is 2.36. The zero-order valence-electron chi connectivity index (χ0n) is 14.9. The van der Waals surface area contributed by atoms with Gasteiger partial charge in [0.2, 0.25) is 0 Å². The molecule has 2 nitrogen and oxygen atoms in total. The highest BCUT2D eigenvalue weighted by Crippen LogP contribution is 2.20. The van der Waals surface area contributed by atoms with E-state index in [4.69, 9.17) is 0 Å². The van der Waals surface area contributed by atoms with E-state index in [1.807, 2.05) is 0 Å². The van der Waals surface area contributed by atoms with Crippen LogP contribution in [0.25, 0.3) is 0 Å². The number of rotatable bonds is 8. The molecule has 0 aliphatic carbocycles. The molecule has 0 spiro atoms. The van der Waals surface area contributed by atoms with Gasteiger partial charge in [0.05, 0.1) is 0 Å². The maximum absolute atomic E-state index is 2.76. The third-order valence-electron chi connectivity index (χ3n) is 4.58. The third kappa shape index (κ3) is 6.13. The van der Waals surface area contributed by atoms with Crippen molar-refractivity contribution in [3.05, 3.63) is 0 Å². The molecule has 1 fully saturated rings. The third-order valence-corrected chi connectivity index (χ3v) is 4.58. The summed E-state index contributed by atoms with van der Waals surface area (Å²) < 4.78 is 0. The second-order valence-electron chi connectivity index (χ2n) is 7.65. The maximum Gasteiger partial charge on any atom is 0.0224 e. The quantitative estimate of drug-likeness (QED) is 0.614. The van der Waals surface area contributed by atoms with Crippen LogP contribution in [0.4, 0.5) is 0 Å². The average molecular weight is 283 g/mol. The van der Waals surface area contributed by atoms with Crippen molar-refractivity contribution in [3.63, 3.8) is 0 Å². The van der Waals surface area contributed by atoms with Crippen molar-refractivity contribution in [2.45, 2.75) is 79.3 Å². The zero-order valence-corrected chi connectivity index (χ0v) is 14.9. The summed E-state index contributed by atoms with van der Waals surface area (Å²) in [4.78, 5) is 5.48. The normalized spacial score (nSPS) is 25.8. The Hall–Kier alpha value is -0.0800. The van der Waals surface area contributed by atoms with Gasteiger partial charge in [-0.15, -0.1) is 0 Å². The van der Waals surface area contributed by atoms with Crippen molar-refractivity contribution in [3.8, 4) is 0 Å². The van der Waals surface area contributed by atoms with E-state index in [2.05, 4.69) is 51.3 Å². The molecule has 1 aliphatic heterocycles. The predicted octanol–water partition coefficient (Wildman–Crippen LogP) is 4.25. The molecule has 0 aromatic heterocycles. The Kier molecular flexibility index (Phi) is 8.13. The minimum atomic E-state index is 0.723. The highest BCUT2D eigenvalue weighted by molar-refractivity contribution is 4.87. The summed E-state index contributed by atoms with van der Waals surface area (Å²) in [5.41, 5.74) is 0. The van der Waals surface area contributed by atoms with Crippen LogP contribution in [0, 0.1) is 11.8 Å². The molecular weight excluding hydrogens is 244 g/mol. The molecule has 2 heteroatoms. The molecule has 20 heavy (non-hydrogen) atoms. The largest absolute Gasteiger partial charge is 0.300 e. The molecule has 2 unspecified atom stereocenters. The molecule has 120 valence electrons. The van der Waals surface area contributed by atoms with Gasteiger partial charge in [-0.25, -0.2) is 0 Å². The van der Waals surface area contributed by atoms with Crippen LogP contribution in [-0.4, -0.2) is 48.1 Å². The summed E-state index contributed by atoms with van der Waals surface area (Å²) in [7, 11) is 0. The van der Waals surface area contributed by atoms with Crippen LogP contribution in [0.15, 0.2) is 0 Å². The highest BCUT2D eigenvalue weighted by Gasteiger charge is 2.30. The number of hydrogen-bond donors (Lipinski definition) is 0. The van der Waals surface area contributed by atoms with Crippen LogP contribution < -0.4 is 0 Å². The Morgan fingerprint density at radius 1 is 1.00 bits per heavy atom. The van der Waals surface area contributed by atoms with Gasteiger partial charge in [0.1, 0.15) is 0 Å². The van der Waals surface area contributed by atoms with Crippen LogP contribution in [0.3, 0.4) is 0 Å². The minimum absolute atomic E-state index is 0.723.